The van der Waals surface area contributed by atoms with E-state index in [0.29, 0.717) is 56.8 Å². The zero-order valence-electron chi connectivity index (χ0n) is 37.7. The van der Waals surface area contributed by atoms with E-state index in [1.165, 1.54) is 18.0 Å². The van der Waals surface area contributed by atoms with Gasteiger partial charge in [0.2, 0.25) is 35.4 Å². The largest absolute Gasteiger partial charge is 0.469 e. The van der Waals surface area contributed by atoms with Crippen molar-refractivity contribution in [3.05, 3.63) is 60.3 Å². The minimum atomic E-state index is -5.13. The standard InChI is InChI=1S/C42H62N11O12P/c1-26(2)19-32(47-42(60)35-15-12-17-53(35)28(4)55)39(57)46-33(40(58)48-34(24-54)41(59)49-37(38(43)56)27(3)65-66(61,62)63)21-31-23-44-25-52(31)16-10-7-11-18-64-45-22-30-20-36(51(5)50-30)29-13-8-6-9-14-29/h6,8-9,13-14,20,22-23,25-27,32-35,37,54H,7,10-12,15-19,21,24H2,1-5H3,(H2,43,56)(H,46,57)(H,47,60)(H,48,58)(H,49,59)(H2,61,62,63)/b45-22+/t27-,32+,33+,34+,35+,37+/m1/s1. The van der Waals surface area contributed by atoms with Gasteiger partial charge in [-0.2, -0.15) is 5.10 Å². The van der Waals surface area contributed by atoms with Gasteiger partial charge in [0, 0.05) is 45.4 Å². The highest BCUT2D eigenvalue weighted by Gasteiger charge is 2.37. The molecule has 1 aromatic carbocycles. The number of nitrogens with zero attached hydrogens (tertiary/aromatic N) is 6. The Bertz CT molecular complexity index is 2190. The van der Waals surface area contributed by atoms with Crippen molar-refractivity contribution in [3.63, 3.8) is 0 Å². The van der Waals surface area contributed by atoms with E-state index in [0.717, 1.165) is 24.6 Å². The third-order valence-electron chi connectivity index (χ3n) is 10.7. The van der Waals surface area contributed by atoms with Crippen LogP contribution in [0.4, 0.5) is 0 Å². The van der Waals surface area contributed by atoms with E-state index in [2.05, 4.69) is 41.0 Å². The van der Waals surface area contributed by atoms with Crippen molar-refractivity contribution in [2.24, 2.45) is 23.9 Å². The van der Waals surface area contributed by atoms with E-state index >= 15 is 0 Å². The second-order valence-electron chi connectivity index (χ2n) is 16.4. The number of carbonyl (C=O) groups excluding carboxylic acids is 6. The van der Waals surface area contributed by atoms with Gasteiger partial charge in [-0.15, -0.1) is 0 Å². The Labute approximate surface area is 382 Å². The fourth-order valence-corrected chi connectivity index (χ4v) is 7.97. The Morgan fingerprint density at radius 3 is 2.30 bits per heavy atom. The highest BCUT2D eigenvalue weighted by Crippen LogP contribution is 2.38. The molecule has 1 fully saturated rings. The molecule has 2 aromatic heterocycles. The molecule has 0 radical (unpaired) electrons. The second kappa shape index (κ2) is 25.1. The number of rotatable bonds is 26. The molecular formula is C42H62N11O12P. The quantitative estimate of drug-likeness (QED) is 0.0228. The number of aliphatic hydroxyl groups excluding tert-OH is 1. The maximum Gasteiger partial charge on any atom is 0.469 e. The first kappa shape index (κ1) is 52.6. The molecule has 9 N–H and O–H groups in total. The molecule has 6 atom stereocenters. The van der Waals surface area contributed by atoms with Crippen molar-refractivity contribution in [2.45, 2.75) is 115 Å². The first-order valence-electron chi connectivity index (χ1n) is 21.6. The van der Waals surface area contributed by atoms with Gasteiger partial charge in [-0.05, 0) is 63.0 Å². The fraction of sp³-hybridized carbons (Fsp3) is 0.548. The van der Waals surface area contributed by atoms with Gasteiger partial charge in [-0.25, -0.2) is 9.55 Å². The Morgan fingerprint density at radius 2 is 1.65 bits per heavy atom. The summed E-state index contributed by atoms with van der Waals surface area (Å²) in [7, 11) is -3.28. The Balaban J connectivity index is 1.44. The van der Waals surface area contributed by atoms with Gasteiger partial charge >= 0.3 is 7.82 Å². The topological polar surface area (TPSA) is 324 Å². The normalized spacial score (nSPS) is 16.3. The first-order chi connectivity index (χ1) is 31.3. The highest BCUT2D eigenvalue weighted by atomic mass is 31.2. The van der Waals surface area contributed by atoms with Crippen LogP contribution in [0.25, 0.3) is 11.3 Å². The Kier molecular flexibility index (Phi) is 20.0. The van der Waals surface area contributed by atoms with Crippen molar-refractivity contribution in [1.82, 2.24) is 45.5 Å². The van der Waals surface area contributed by atoms with Crippen LogP contribution in [-0.2, 0) is 62.7 Å². The minimum Gasteiger partial charge on any atom is -0.396 e. The van der Waals surface area contributed by atoms with Gasteiger partial charge in [0.1, 0.15) is 42.5 Å². The zero-order valence-corrected chi connectivity index (χ0v) is 38.6. The lowest BCUT2D eigenvalue weighted by atomic mass is 10.0. The third kappa shape index (κ3) is 16.2. The SMILES string of the molecule is CC(=O)N1CCC[C@H]1C(=O)N[C@@H](CC(C)C)C(=O)N[C@@H](Cc1cncn1CCCCCO/N=C/c1cc(-c2ccccc2)n(C)n1)C(=O)N[C@@H](CO)C(=O)N[C@H](C(N)=O)[C@@H](C)OP(=O)(O)O. The number of hydrogen-bond acceptors (Lipinski definition) is 13. The molecule has 1 saturated heterocycles. The summed E-state index contributed by atoms with van der Waals surface area (Å²) in [6, 6.07) is 4.86. The van der Waals surface area contributed by atoms with Crippen molar-refractivity contribution in [1.29, 1.82) is 0 Å². The maximum atomic E-state index is 14.1. The fourth-order valence-electron chi connectivity index (χ4n) is 7.42. The lowest BCUT2D eigenvalue weighted by Gasteiger charge is -2.28. The van der Waals surface area contributed by atoms with Gasteiger partial charge in [0.15, 0.2) is 0 Å². The lowest BCUT2D eigenvalue weighted by Crippen LogP contribution is -2.61. The van der Waals surface area contributed by atoms with E-state index in [4.69, 9.17) is 10.6 Å². The molecule has 3 aromatic rings. The number of amides is 6. The van der Waals surface area contributed by atoms with Crippen LogP contribution in [0, 0.1) is 5.92 Å². The summed E-state index contributed by atoms with van der Waals surface area (Å²) >= 11 is 0. The van der Waals surface area contributed by atoms with Crippen molar-refractivity contribution >= 4 is 49.5 Å². The van der Waals surface area contributed by atoms with Crippen molar-refractivity contribution in [2.75, 3.05) is 19.8 Å². The molecule has 24 heteroatoms. The number of phosphoric acid groups is 1. The van der Waals surface area contributed by atoms with Crippen LogP contribution < -0.4 is 27.0 Å². The number of carbonyl (C=O) groups is 6. The molecule has 0 saturated carbocycles. The molecule has 6 amide bonds. The molecule has 0 spiro atoms. The van der Waals surface area contributed by atoms with E-state index in [-0.39, 0.29) is 24.7 Å². The van der Waals surface area contributed by atoms with Crippen LogP contribution in [0.1, 0.15) is 77.6 Å². The average molecular weight is 944 g/mol. The number of unbranched alkanes of at least 4 members (excludes halogenated alkanes) is 2. The van der Waals surface area contributed by atoms with E-state index in [9.17, 15) is 48.2 Å². The number of oxime groups is 1. The molecule has 362 valence electrons. The van der Waals surface area contributed by atoms with Crippen molar-refractivity contribution < 1.29 is 57.6 Å². The van der Waals surface area contributed by atoms with E-state index in [1.54, 1.807) is 21.8 Å². The number of aliphatic hydroxyl groups is 1. The van der Waals surface area contributed by atoms with Crippen LogP contribution in [-0.4, -0.2) is 137 Å². The Hall–Kier alpha value is -6.00. The molecule has 23 nitrogen and oxygen atoms in total. The van der Waals surface area contributed by atoms with Crippen LogP contribution in [0.5, 0.6) is 0 Å². The number of primary amides is 1. The summed E-state index contributed by atoms with van der Waals surface area (Å²) in [5.74, 6) is -4.99. The number of phosphoric ester groups is 1. The van der Waals surface area contributed by atoms with Gasteiger partial charge in [-0.3, -0.25) is 38.0 Å². The number of aryl methyl sites for hydroxylation is 2. The zero-order chi connectivity index (χ0) is 48.6. The number of benzene rings is 1. The summed E-state index contributed by atoms with van der Waals surface area (Å²) in [5.41, 5.74) is 8.47. The maximum absolute atomic E-state index is 14.1. The smallest absolute Gasteiger partial charge is 0.396 e. The van der Waals surface area contributed by atoms with Gasteiger partial charge in [0.25, 0.3) is 0 Å². The molecule has 0 unspecified atom stereocenters. The predicted octanol–water partition coefficient (Wildman–Crippen LogP) is 0.0187. The summed E-state index contributed by atoms with van der Waals surface area (Å²) < 4.78 is 19.5. The van der Waals surface area contributed by atoms with Crippen LogP contribution >= 0.6 is 7.82 Å². The van der Waals surface area contributed by atoms with Gasteiger partial charge in [0.05, 0.1) is 30.9 Å². The van der Waals surface area contributed by atoms with Crippen LogP contribution in [0.3, 0.4) is 0 Å². The average Bonchev–Trinajstić information content (AvgIpc) is 4.02. The lowest BCUT2D eigenvalue weighted by molar-refractivity contribution is -0.139. The van der Waals surface area contributed by atoms with E-state index in [1.807, 2.05) is 57.3 Å². The van der Waals surface area contributed by atoms with Gasteiger partial charge < -0.3 is 56.2 Å². The van der Waals surface area contributed by atoms with E-state index < -0.39 is 80.3 Å². The molecule has 4 rings (SSSR count). The molecule has 0 bridgehead atoms. The number of imidazole rings is 1. The first-order valence-corrected chi connectivity index (χ1v) is 23.2. The molecule has 0 aliphatic carbocycles. The number of nitrogens with two attached hydrogens (primary N) is 1. The highest BCUT2D eigenvalue weighted by molar-refractivity contribution is 7.46. The van der Waals surface area contributed by atoms with Crippen LogP contribution in [0.15, 0.2) is 54.1 Å². The summed E-state index contributed by atoms with van der Waals surface area (Å²) in [5, 5.41) is 28.6. The molecule has 1 aliphatic rings. The molecule has 3 heterocycles. The monoisotopic (exact) mass is 943 g/mol. The summed E-state index contributed by atoms with van der Waals surface area (Å²) in [6.07, 6.45) is 6.05. The summed E-state index contributed by atoms with van der Waals surface area (Å²) in [6.45, 7) is 6.30. The molecule has 66 heavy (non-hydrogen) atoms. The van der Waals surface area contributed by atoms with Crippen molar-refractivity contribution in [3.8, 4) is 11.3 Å². The van der Waals surface area contributed by atoms with Gasteiger partial charge in [-0.1, -0.05) is 49.3 Å². The third-order valence-corrected chi connectivity index (χ3v) is 11.3. The minimum absolute atomic E-state index is 0.105. The number of likely N-dealkylation sites (tertiary alicyclic amines) is 1. The predicted molar refractivity (Wildman–Crippen MR) is 238 cm³/mol. The molecule has 1 aliphatic heterocycles. The molecular weight excluding hydrogens is 882 g/mol. The second-order valence-corrected chi connectivity index (χ2v) is 17.6. The number of hydrogen-bond donors (Lipinski definition) is 8. The number of aromatic nitrogens is 4. The Morgan fingerprint density at radius 1 is 0.970 bits per heavy atom. The van der Waals surface area contributed by atoms with Crippen LogP contribution in [0.2, 0.25) is 0 Å². The number of nitrogens with one attached hydrogen (secondary N) is 4. The summed E-state index contributed by atoms with van der Waals surface area (Å²) in [4.78, 5) is 109.